The smallest absolute Gasteiger partial charge is 0.314 e. The monoisotopic (exact) mass is 302 g/mol. The molecule has 120 valence electrons. The first-order chi connectivity index (χ1) is 9.81. The van der Waals surface area contributed by atoms with Crippen LogP contribution < -0.4 is 5.32 Å². The van der Waals surface area contributed by atoms with Gasteiger partial charge < -0.3 is 5.32 Å². The Bertz CT molecular complexity index is 416. The highest BCUT2D eigenvalue weighted by Gasteiger charge is 2.30. The number of nitrogens with zero attached hydrogens (tertiary/aromatic N) is 1. The second-order valence-electron chi connectivity index (χ2n) is 5.55. The molecule has 0 aromatic heterocycles. The molecule has 1 aromatic carbocycles. The molecule has 1 N–H and O–H groups in total. The van der Waals surface area contributed by atoms with Crippen LogP contribution in [0.25, 0.3) is 0 Å². The molecule has 0 amide bonds. The number of rotatable bonds is 8. The highest BCUT2D eigenvalue weighted by molar-refractivity contribution is 5.27. The Balaban J connectivity index is 2.68. The molecule has 0 unspecified atom stereocenters. The molecule has 0 aliphatic carbocycles. The van der Waals surface area contributed by atoms with E-state index < -0.39 is 12.7 Å². The van der Waals surface area contributed by atoms with E-state index in [1.807, 2.05) is 24.3 Å². The normalized spacial score (nSPS) is 12.4. The summed E-state index contributed by atoms with van der Waals surface area (Å²) in [7, 11) is 0. The fourth-order valence-corrected chi connectivity index (χ4v) is 2.23. The van der Waals surface area contributed by atoms with Crippen LogP contribution in [0.1, 0.15) is 31.9 Å². The molecule has 21 heavy (non-hydrogen) atoms. The zero-order valence-electron chi connectivity index (χ0n) is 13.0. The molecule has 0 spiro atoms. The van der Waals surface area contributed by atoms with E-state index in [4.69, 9.17) is 0 Å². The summed E-state index contributed by atoms with van der Waals surface area (Å²) in [4.78, 5) is 1.43. The van der Waals surface area contributed by atoms with Crippen molar-refractivity contribution in [1.29, 1.82) is 0 Å². The Morgan fingerprint density at radius 1 is 1.14 bits per heavy atom. The predicted molar refractivity (Wildman–Crippen MR) is 80.3 cm³/mol. The van der Waals surface area contributed by atoms with Crippen molar-refractivity contribution in [2.24, 2.45) is 0 Å². The van der Waals surface area contributed by atoms with Crippen LogP contribution in [0, 0.1) is 0 Å². The molecule has 1 aromatic rings. The van der Waals surface area contributed by atoms with E-state index in [1.165, 1.54) is 4.90 Å². The Morgan fingerprint density at radius 2 is 1.76 bits per heavy atom. The molecule has 5 heteroatoms. The largest absolute Gasteiger partial charge is 0.401 e. The summed E-state index contributed by atoms with van der Waals surface area (Å²) >= 11 is 0. The maximum atomic E-state index is 12.5. The number of benzene rings is 1. The van der Waals surface area contributed by atoms with E-state index in [2.05, 4.69) is 19.2 Å². The molecule has 0 heterocycles. The van der Waals surface area contributed by atoms with Gasteiger partial charge in [-0.05, 0) is 30.6 Å². The van der Waals surface area contributed by atoms with Crippen LogP contribution in [0.5, 0.6) is 0 Å². The van der Waals surface area contributed by atoms with Crippen molar-refractivity contribution < 1.29 is 13.2 Å². The van der Waals surface area contributed by atoms with Gasteiger partial charge in [0.15, 0.2) is 0 Å². The standard InChI is InChI=1S/C16H25F3N2/c1-4-21(12-16(17,18)19)11-15-8-6-5-7-14(15)9-10-20-13(2)3/h5-8,13,20H,4,9-12H2,1-3H3. The average Bonchev–Trinajstić information content (AvgIpc) is 2.38. The summed E-state index contributed by atoms with van der Waals surface area (Å²) < 4.78 is 37.6. The fourth-order valence-electron chi connectivity index (χ4n) is 2.23. The van der Waals surface area contributed by atoms with E-state index in [0.717, 1.165) is 24.1 Å². The van der Waals surface area contributed by atoms with Gasteiger partial charge in [0.25, 0.3) is 0 Å². The Hall–Kier alpha value is -1.07. The van der Waals surface area contributed by atoms with Gasteiger partial charge in [-0.25, -0.2) is 0 Å². The maximum absolute atomic E-state index is 12.5. The van der Waals surface area contributed by atoms with Gasteiger partial charge in [-0.1, -0.05) is 45.0 Å². The quantitative estimate of drug-likeness (QED) is 0.789. The Kier molecular flexibility index (Phi) is 7.18. The zero-order chi connectivity index (χ0) is 15.9. The van der Waals surface area contributed by atoms with Crippen molar-refractivity contribution in [3.05, 3.63) is 35.4 Å². The number of alkyl halides is 3. The lowest BCUT2D eigenvalue weighted by atomic mass is 10.0. The van der Waals surface area contributed by atoms with Crippen molar-refractivity contribution >= 4 is 0 Å². The van der Waals surface area contributed by atoms with Gasteiger partial charge in [-0.15, -0.1) is 0 Å². The molecule has 0 bridgehead atoms. The highest BCUT2D eigenvalue weighted by atomic mass is 19.4. The van der Waals surface area contributed by atoms with Gasteiger partial charge in [0, 0.05) is 12.6 Å². The van der Waals surface area contributed by atoms with E-state index in [-0.39, 0.29) is 0 Å². The summed E-state index contributed by atoms with van der Waals surface area (Å²) in [5, 5.41) is 3.33. The second kappa shape index (κ2) is 8.39. The van der Waals surface area contributed by atoms with Gasteiger partial charge in [-0.3, -0.25) is 4.90 Å². The van der Waals surface area contributed by atoms with Crippen LogP contribution >= 0.6 is 0 Å². The molecule has 0 fully saturated rings. The Morgan fingerprint density at radius 3 is 2.29 bits per heavy atom. The maximum Gasteiger partial charge on any atom is 0.401 e. The number of hydrogen-bond donors (Lipinski definition) is 1. The molecule has 1 rings (SSSR count). The molecule has 0 aliphatic rings. The number of nitrogens with one attached hydrogen (secondary N) is 1. The van der Waals surface area contributed by atoms with Crippen molar-refractivity contribution in [2.75, 3.05) is 19.6 Å². The minimum atomic E-state index is -4.15. The van der Waals surface area contributed by atoms with Crippen molar-refractivity contribution in [1.82, 2.24) is 10.2 Å². The van der Waals surface area contributed by atoms with Crippen LogP contribution in [0.15, 0.2) is 24.3 Å². The zero-order valence-corrected chi connectivity index (χ0v) is 13.0. The number of hydrogen-bond acceptors (Lipinski definition) is 2. The molecular formula is C16H25F3N2. The third kappa shape index (κ3) is 7.48. The SMILES string of the molecule is CCN(Cc1ccccc1CCNC(C)C)CC(F)(F)F. The van der Waals surface area contributed by atoms with Gasteiger partial charge in [0.2, 0.25) is 0 Å². The number of halogens is 3. The van der Waals surface area contributed by atoms with Crippen LogP contribution in [0.3, 0.4) is 0 Å². The summed E-state index contributed by atoms with van der Waals surface area (Å²) in [6.07, 6.45) is -3.32. The van der Waals surface area contributed by atoms with Crippen molar-refractivity contribution in [3.63, 3.8) is 0 Å². The molecule has 0 aliphatic heterocycles. The first kappa shape index (κ1) is 18.0. The second-order valence-corrected chi connectivity index (χ2v) is 5.55. The van der Waals surface area contributed by atoms with Gasteiger partial charge in [0.05, 0.1) is 6.54 Å². The van der Waals surface area contributed by atoms with Crippen LogP contribution in [-0.2, 0) is 13.0 Å². The van der Waals surface area contributed by atoms with Crippen molar-refractivity contribution in [2.45, 2.75) is 46.0 Å². The van der Waals surface area contributed by atoms with Crippen LogP contribution in [-0.4, -0.2) is 36.8 Å². The minimum absolute atomic E-state index is 0.341. The summed E-state index contributed by atoms with van der Waals surface area (Å²) in [5.74, 6) is 0. The molecule has 0 radical (unpaired) electrons. The molecule has 0 saturated carbocycles. The predicted octanol–water partition coefficient (Wildman–Crippen LogP) is 3.61. The first-order valence-electron chi connectivity index (χ1n) is 7.41. The first-order valence-corrected chi connectivity index (χ1v) is 7.41. The molecular weight excluding hydrogens is 277 g/mol. The topological polar surface area (TPSA) is 15.3 Å². The summed E-state index contributed by atoms with van der Waals surface area (Å²) in [6.45, 7) is 6.62. The summed E-state index contributed by atoms with van der Waals surface area (Å²) in [6, 6.07) is 8.15. The van der Waals surface area contributed by atoms with Gasteiger partial charge >= 0.3 is 6.18 Å². The molecule has 0 atom stereocenters. The lowest BCUT2D eigenvalue weighted by molar-refractivity contribution is -0.146. The van der Waals surface area contributed by atoms with Crippen molar-refractivity contribution in [3.8, 4) is 0 Å². The lowest BCUT2D eigenvalue weighted by Gasteiger charge is -2.23. The third-order valence-electron chi connectivity index (χ3n) is 3.31. The van der Waals surface area contributed by atoms with E-state index in [0.29, 0.717) is 19.1 Å². The van der Waals surface area contributed by atoms with E-state index >= 15 is 0 Å². The fraction of sp³-hybridized carbons (Fsp3) is 0.625. The van der Waals surface area contributed by atoms with E-state index in [1.54, 1.807) is 6.92 Å². The third-order valence-corrected chi connectivity index (χ3v) is 3.31. The van der Waals surface area contributed by atoms with Crippen LogP contribution in [0.2, 0.25) is 0 Å². The Labute approximate surface area is 125 Å². The lowest BCUT2D eigenvalue weighted by Crippen LogP contribution is -2.34. The highest BCUT2D eigenvalue weighted by Crippen LogP contribution is 2.19. The van der Waals surface area contributed by atoms with Gasteiger partial charge in [0.1, 0.15) is 0 Å². The minimum Gasteiger partial charge on any atom is -0.314 e. The molecule has 2 nitrogen and oxygen atoms in total. The average molecular weight is 302 g/mol. The van der Waals surface area contributed by atoms with E-state index in [9.17, 15) is 13.2 Å². The van der Waals surface area contributed by atoms with Crippen LogP contribution in [0.4, 0.5) is 13.2 Å². The van der Waals surface area contributed by atoms with Gasteiger partial charge in [-0.2, -0.15) is 13.2 Å². The summed E-state index contributed by atoms with van der Waals surface area (Å²) in [5.41, 5.74) is 2.10. The molecule has 0 saturated heterocycles.